The number of nitrogens with zero attached hydrogens (tertiary/aromatic N) is 1. The van der Waals surface area contributed by atoms with E-state index in [2.05, 4.69) is 9.97 Å². The standard InChI is InChI=1S/C16H16N2O4/c19-8-14(22)12(20)7-13(21)16-15-10(5-6-17-16)9-3-1-2-4-11(9)18-15/h1-6,12,14,18-20,22H,7-8H2/t12-,14+/m1/s1. The number of aliphatic hydroxyl groups is 3. The van der Waals surface area contributed by atoms with E-state index < -0.39 is 24.6 Å². The van der Waals surface area contributed by atoms with Crippen LogP contribution in [0.1, 0.15) is 16.9 Å². The maximum absolute atomic E-state index is 12.3. The van der Waals surface area contributed by atoms with Gasteiger partial charge in [-0.05, 0) is 12.1 Å². The largest absolute Gasteiger partial charge is 0.394 e. The van der Waals surface area contributed by atoms with Crippen molar-refractivity contribution in [3.8, 4) is 0 Å². The molecule has 0 fully saturated rings. The molecule has 2 atom stereocenters. The number of nitrogens with one attached hydrogen (secondary N) is 1. The minimum atomic E-state index is -1.34. The highest BCUT2D eigenvalue weighted by molar-refractivity contribution is 6.14. The number of carbonyl (C=O) groups is 1. The van der Waals surface area contributed by atoms with Gasteiger partial charge in [-0.3, -0.25) is 9.78 Å². The van der Waals surface area contributed by atoms with Crippen LogP contribution in [0.5, 0.6) is 0 Å². The molecule has 0 aliphatic heterocycles. The first-order valence-electron chi connectivity index (χ1n) is 6.97. The first-order chi connectivity index (χ1) is 10.6. The predicted octanol–water partition coefficient (Wildman–Crippen LogP) is 1.00. The fourth-order valence-electron chi connectivity index (χ4n) is 2.53. The van der Waals surface area contributed by atoms with Crippen molar-refractivity contribution in [3.63, 3.8) is 0 Å². The number of benzene rings is 1. The van der Waals surface area contributed by atoms with Gasteiger partial charge in [0.05, 0.1) is 18.2 Å². The highest BCUT2D eigenvalue weighted by Gasteiger charge is 2.22. The summed E-state index contributed by atoms with van der Waals surface area (Å²) in [5.74, 6) is -0.392. The van der Waals surface area contributed by atoms with E-state index in [1.54, 1.807) is 6.20 Å². The number of rotatable bonds is 5. The summed E-state index contributed by atoms with van der Waals surface area (Å²) in [6.07, 6.45) is -1.42. The van der Waals surface area contributed by atoms with Crippen molar-refractivity contribution in [2.75, 3.05) is 6.61 Å². The molecule has 0 amide bonds. The van der Waals surface area contributed by atoms with Crippen molar-refractivity contribution in [1.29, 1.82) is 0 Å². The van der Waals surface area contributed by atoms with Crippen LogP contribution in [0.15, 0.2) is 36.5 Å². The molecule has 3 aromatic rings. The van der Waals surface area contributed by atoms with Gasteiger partial charge in [0.15, 0.2) is 5.78 Å². The molecule has 22 heavy (non-hydrogen) atoms. The van der Waals surface area contributed by atoms with Gasteiger partial charge in [0.1, 0.15) is 11.8 Å². The molecule has 6 heteroatoms. The zero-order valence-corrected chi connectivity index (χ0v) is 11.7. The lowest BCUT2D eigenvalue weighted by Gasteiger charge is -2.14. The van der Waals surface area contributed by atoms with Crippen LogP contribution >= 0.6 is 0 Å². The van der Waals surface area contributed by atoms with E-state index in [1.807, 2.05) is 30.3 Å². The van der Waals surface area contributed by atoms with Gasteiger partial charge in [0.25, 0.3) is 0 Å². The summed E-state index contributed by atoms with van der Waals surface area (Å²) >= 11 is 0. The average molecular weight is 300 g/mol. The molecule has 0 bridgehead atoms. The monoisotopic (exact) mass is 300 g/mol. The summed E-state index contributed by atoms with van der Waals surface area (Å²) in [6, 6.07) is 9.50. The van der Waals surface area contributed by atoms with Crippen molar-refractivity contribution in [3.05, 3.63) is 42.2 Å². The normalized spacial score (nSPS) is 14.3. The second-order valence-corrected chi connectivity index (χ2v) is 5.20. The smallest absolute Gasteiger partial charge is 0.186 e. The minimum absolute atomic E-state index is 0.220. The van der Waals surface area contributed by atoms with E-state index in [0.717, 1.165) is 16.3 Å². The number of carbonyl (C=O) groups excluding carboxylic acids is 1. The van der Waals surface area contributed by atoms with E-state index >= 15 is 0 Å². The molecule has 2 aromatic heterocycles. The summed E-state index contributed by atoms with van der Waals surface area (Å²) in [7, 11) is 0. The number of hydrogen-bond donors (Lipinski definition) is 4. The fraction of sp³-hybridized carbons (Fsp3) is 0.250. The van der Waals surface area contributed by atoms with Crippen LogP contribution in [0.3, 0.4) is 0 Å². The van der Waals surface area contributed by atoms with Crippen LogP contribution in [0.2, 0.25) is 0 Å². The minimum Gasteiger partial charge on any atom is -0.394 e. The average Bonchev–Trinajstić information content (AvgIpc) is 2.92. The molecule has 6 nitrogen and oxygen atoms in total. The third kappa shape index (κ3) is 2.48. The molecular formula is C16H16N2O4. The number of H-pyrrole nitrogens is 1. The Balaban J connectivity index is 2.02. The molecule has 0 aliphatic rings. The number of ketones is 1. The van der Waals surface area contributed by atoms with Crippen molar-refractivity contribution in [1.82, 2.24) is 9.97 Å². The first kappa shape index (κ1) is 14.6. The Bertz CT molecular complexity index is 827. The third-order valence-electron chi connectivity index (χ3n) is 3.72. The van der Waals surface area contributed by atoms with Gasteiger partial charge in [-0.2, -0.15) is 0 Å². The Kier molecular flexibility index (Phi) is 3.89. The zero-order chi connectivity index (χ0) is 15.7. The number of aromatic amines is 1. The van der Waals surface area contributed by atoms with Crippen LogP contribution in [-0.2, 0) is 0 Å². The number of aromatic nitrogens is 2. The maximum Gasteiger partial charge on any atom is 0.186 e. The molecule has 0 radical (unpaired) electrons. The molecule has 0 unspecified atom stereocenters. The molecule has 114 valence electrons. The molecular weight excluding hydrogens is 284 g/mol. The van der Waals surface area contributed by atoms with Crippen molar-refractivity contribution in [2.24, 2.45) is 0 Å². The molecule has 2 heterocycles. The van der Waals surface area contributed by atoms with Gasteiger partial charge < -0.3 is 20.3 Å². The molecule has 0 spiro atoms. The lowest BCUT2D eigenvalue weighted by molar-refractivity contribution is -0.0147. The highest BCUT2D eigenvalue weighted by atomic mass is 16.4. The van der Waals surface area contributed by atoms with E-state index in [1.165, 1.54) is 0 Å². The second-order valence-electron chi connectivity index (χ2n) is 5.20. The summed E-state index contributed by atoms with van der Waals surface area (Å²) in [4.78, 5) is 19.6. The Labute approximate surface area is 126 Å². The molecule has 0 saturated heterocycles. The van der Waals surface area contributed by atoms with Gasteiger partial charge in [-0.1, -0.05) is 18.2 Å². The summed E-state index contributed by atoms with van der Waals surface area (Å²) in [6.45, 7) is -0.599. The number of fused-ring (bicyclic) bond motifs is 3. The molecule has 1 aromatic carbocycles. The Hall–Kier alpha value is -2.28. The van der Waals surface area contributed by atoms with E-state index in [9.17, 15) is 15.0 Å². The van der Waals surface area contributed by atoms with Crippen LogP contribution in [0.4, 0.5) is 0 Å². The lowest BCUT2D eigenvalue weighted by Crippen LogP contribution is -2.31. The van der Waals surface area contributed by atoms with Crippen molar-refractivity contribution >= 4 is 27.6 Å². The van der Waals surface area contributed by atoms with Crippen LogP contribution in [0, 0.1) is 0 Å². The topological polar surface area (TPSA) is 106 Å². The summed E-state index contributed by atoms with van der Waals surface area (Å²) in [5.41, 5.74) is 1.73. The second kappa shape index (κ2) is 5.84. The third-order valence-corrected chi connectivity index (χ3v) is 3.72. The summed E-state index contributed by atoms with van der Waals surface area (Å²) in [5, 5.41) is 29.7. The maximum atomic E-state index is 12.3. The highest BCUT2D eigenvalue weighted by Crippen LogP contribution is 2.27. The SMILES string of the molecule is O=C(C[C@@H](O)[C@@H](O)CO)c1nccc2c1[nH]c1ccccc12. The summed E-state index contributed by atoms with van der Waals surface area (Å²) < 4.78 is 0. The van der Waals surface area contributed by atoms with E-state index in [4.69, 9.17) is 5.11 Å². The van der Waals surface area contributed by atoms with Gasteiger partial charge in [-0.25, -0.2) is 0 Å². The van der Waals surface area contributed by atoms with E-state index in [0.29, 0.717) is 5.52 Å². The number of hydrogen-bond acceptors (Lipinski definition) is 5. The number of Topliss-reactive ketones (excluding diaryl/α,β-unsaturated/α-hetero) is 1. The van der Waals surface area contributed by atoms with Crippen LogP contribution in [-0.4, -0.2) is 49.9 Å². The lowest BCUT2D eigenvalue weighted by atomic mass is 10.0. The molecule has 0 saturated carbocycles. The van der Waals surface area contributed by atoms with Gasteiger partial charge in [-0.15, -0.1) is 0 Å². The number of para-hydroxylation sites is 1. The van der Waals surface area contributed by atoms with Crippen LogP contribution < -0.4 is 0 Å². The zero-order valence-electron chi connectivity index (χ0n) is 11.7. The predicted molar refractivity (Wildman–Crippen MR) is 81.6 cm³/mol. The molecule has 4 N–H and O–H groups in total. The Morgan fingerprint density at radius 2 is 1.91 bits per heavy atom. The van der Waals surface area contributed by atoms with Gasteiger partial charge in [0.2, 0.25) is 0 Å². The van der Waals surface area contributed by atoms with Crippen molar-refractivity contribution < 1.29 is 20.1 Å². The molecule has 0 aliphatic carbocycles. The van der Waals surface area contributed by atoms with E-state index in [-0.39, 0.29) is 12.1 Å². The van der Waals surface area contributed by atoms with Gasteiger partial charge in [0, 0.05) is 28.9 Å². The fourth-order valence-corrected chi connectivity index (χ4v) is 2.53. The quantitative estimate of drug-likeness (QED) is 0.526. The Morgan fingerprint density at radius 1 is 1.14 bits per heavy atom. The first-order valence-corrected chi connectivity index (χ1v) is 6.97. The Morgan fingerprint density at radius 3 is 2.68 bits per heavy atom. The van der Waals surface area contributed by atoms with Gasteiger partial charge >= 0.3 is 0 Å². The van der Waals surface area contributed by atoms with Crippen LogP contribution in [0.25, 0.3) is 21.8 Å². The number of pyridine rings is 1. The number of aliphatic hydroxyl groups excluding tert-OH is 3. The molecule has 3 rings (SSSR count). The van der Waals surface area contributed by atoms with Crippen molar-refractivity contribution in [2.45, 2.75) is 18.6 Å².